The molecule has 1 aromatic rings. The molecule has 280 valence electrons. The molecule has 1 heterocycles. The topological polar surface area (TPSA) is 149 Å². The van der Waals surface area contributed by atoms with Crippen molar-refractivity contribution in [1.82, 2.24) is 4.90 Å². The first-order valence-corrected chi connectivity index (χ1v) is 21.0. The summed E-state index contributed by atoms with van der Waals surface area (Å²) in [6.45, 7) is 9.79. The van der Waals surface area contributed by atoms with Crippen LogP contribution >= 0.6 is 0 Å². The maximum absolute atomic E-state index is 14.9. The van der Waals surface area contributed by atoms with Crippen LogP contribution in [0.4, 0.5) is 0 Å². The van der Waals surface area contributed by atoms with Crippen LogP contribution in [0, 0.1) is 46.3 Å². The minimum Gasteiger partial charge on any atom is -0.363 e. The molecule has 2 unspecified atom stereocenters. The number of ketones is 3. The van der Waals surface area contributed by atoms with Crippen LogP contribution in [-0.4, -0.2) is 65.6 Å². The number of nitrogens with two attached hydrogens (primary N) is 1. The first-order chi connectivity index (χ1) is 23.8. The number of hydrogen-bond acceptors (Lipinski definition) is 7. The van der Waals surface area contributed by atoms with Gasteiger partial charge < -0.3 is 10.6 Å². The largest absolute Gasteiger partial charge is 0.363 e. The van der Waals surface area contributed by atoms with Crippen molar-refractivity contribution in [3.63, 3.8) is 0 Å². The van der Waals surface area contributed by atoms with Crippen molar-refractivity contribution < 1.29 is 32.4 Å². The number of primary amides is 1. The molecule has 1 aromatic carbocycles. The third-order valence-corrected chi connectivity index (χ3v) is 16.4. The van der Waals surface area contributed by atoms with Gasteiger partial charge in [0, 0.05) is 37.6 Å². The first-order valence-electron chi connectivity index (χ1n) is 19.3. The predicted molar refractivity (Wildman–Crippen MR) is 195 cm³/mol. The van der Waals surface area contributed by atoms with E-state index in [2.05, 4.69) is 26.0 Å². The second-order valence-corrected chi connectivity index (χ2v) is 21.3. The molecule has 4 aliphatic carbocycles. The van der Waals surface area contributed by atoms with Crippen LogP contribution in [0.1, 0.15) is 116 Å². The van der Waals surface area contributed by atoms with Gasteiger partial charge >= 0.3 is 0 Å². The smallest absolute Gasteiger partial charge is 0.285 e. The highest BCUT2D eigenvalue weighted by Crippen LogP contribution is 2.65. The summed E-state index contributed by atoms with van der Waals surface area (Å²) in [5.74, 6) is -3.42. The molecular formula is C41H58N2O7S. The number of fused-ring (bicyclic) bond motifs is 2. The van der Waals surface area contributed by atoms with Crippen molar-refractivity contribution >= 4 is 39.0 Å². The van der Waals surface area contributed by atoms with Crippen molar-refractivity contribution in [2.45, 2.75) is 129 Å². The van der Waals surface area contributed by atoms with E-state index in [1.54, 1.807) is 25.7 Å². The van der Waals surface area contributed by atoms with Gasteiger partial charge in [-0.2, -0.15) is 0 Å². The number of carbonyl (C=O) groups is 5. The van der Waals surface area contributed by atoms with Crippen LogP contribution in [-0.2, 0) is 46.7 Å². The number of rotatable bonds is 15. The molecule has 1 aliphatic heterocycles. The number of piperidine rings is 1. The molecule has 0 aromatic heterocycles. The average Bonchev–Trinajstić information content (AvgIpc) is 3.80. The molecule has 2 amide bonds. The Labute approximate surface area is 304 Å². The Hall–Kier alpha value is -2.88. The van der Waals surface area contributed by atoms with Crippen molar-refractivity contribution in [3.05, 3.63) is 35.4 Å². The zero-order valence-corrected chi connectivity index (χ0v) is 32.1. The Morgan fingerprint density at radius 3 is 2.10 bits per heavy atom. The molecule has 9 nitrogen and oxygen atoms in total. The molecule has 2 N–H and O–H groups in total. The second-order valence-electron chi connectivity index (χ2n) is 18.6. The molecule has 0 bridgehead atoms. The summed E-state index contributed by atoms with van der Waals surface area (Å²) < 4.78 is 26.1. The fourth-order valence-corrected chi connectivity index (χ4v) is 11.7. The number of benzene rings is 1. The minimum atomic E-state index is -3.48. The summed E-state index contributed by atoms with van der Waals surface area (Å²) in [6, 6.07) is 7.40. The Kier molecular flexibility index (Phi) is 10.3. The van der Waals surface area contributed by atoms with E-state index in [0.29, 0.717) is 44.6 Å². The summed E-state index contributed by atoms with van der Waals surface area (Å²) in [6.07, 6.45) is 7.84. The number of hydrogen-bond donors (Lipinski definition) is 1. The molecule has 5 aliphatic rings. The van der Waals surface area contributed by atoms with Gasteiger partial charge in [-0.15, -0.1) is 0 Å². The Bertz CT molecular complexity index is 1660. The van der Waals surface area contributed by atoms with Crippen LogP contribution in [0.3, 0.4) is 0 Å². The van der Waals surface area contributed by atoms with E-state index >= 15 is 0 Å². The van der Waals surface area contributed by atoms with Gasteiger partial charge in [-0.3, -0.25) is 24.0 Å². The van der Waals surface area contributed by atoms with Gasteiger partial charge in [0.05, 0.1) is 16.5 Å². The summed E-state index contributed by atoms with van der Waals surface area (Å²) in [4.78, 5) is 70.0. The van der Waals surface area contributed by atoms with Gasteiger partial charge in [0.15, 0.2) is 15.6 Å². The molecule has 51 heavy (non-hydrogen) atoms. The van der Waals surface area contributed by atoms with Crippen molar-refractivity contribution in [1.29, 1.82) is 0 Å². The van der Waals surface area contributed by atoms with Gasteiger partial charge in [-0.05, 0) is 98.5 Å². The molecule has 0 spiro atoms. The van der Waals surface area contributed by atoms with Crippen LogP contribution < -0.4 is 5.73 Å². The van der Waals surface area contributed by atoms with E-state index in [1.807, 2.05) is 12.1 Å². The van der Waals surface area contributed by atoms with Gasteiger partial charge in [0.25, 0.3) is 5.91 Å². The quantitative estimate of drug-likeness (QED) is 0.237. The maximum atomic E-state index is 14.9. The van der Waals surface area contributed by atoms with Gasteiger partial charge in [0.1, 0.15) is 5.78 Å². The van der Waals surface area contributed by atoms with Gasteiger partial charge in [-0.1, -0.05) is 70.2 Å². The van der Waals surface area contributed by atoms with Crippen LogP contribution in [0.15, 0.2) is 24.3 Å². The third-order valence-electron chi connectivity index (χ3n) is 13.5. The maximum Gasteiger partial charge on any atom is 0.285 e. The number of sulfone groups is 1. The lowest BCUT2D eigenvalue weighted by atomic mass is 9.71. The fraction of sp³-hybridized carbons (Fsp3) is 0.732. The highest BCUT2D eigenvalue weighted by molar-refractivity contribution is 7.92. The standard InChI is InChI=1S/C41H58N2O7S/c1-39(2,3)51(49,50)24-41(15-9-6-10-16-41)22-30(44)21-31(28-18-26-11-7-8-12-27(26)19-28)38(48)43-23-32-34(40(32,4)5)35(43)33(45)20-29(17-25-13-14-25)36(46)37(42)47/h7-8,11-12,25,28-29,31-32,34-35H,6,9-10,13-24H2,1-5H3,(H2,42,47)/t29?,31-,32?,34-,35+/m0/s1. The first kappa shape index (κ1) is 37.9. The third kappa shape index (κ3) is 7.77. The zero-order chi connectivity index (χ0) is 37.1. The van der Waals surface area contributed by atoms with Gasteiger partial charge in [0.2, 0.25) is 11.7 Å². The highest BCUT2D eigenvalue weighted by Gasteiger charge is 2.69. The fourth-order valence-electron chi connectivity index (χ4n) is 10.1. The molecule has 0 radical (unpaired) electrons. The number of likely N-dealkylation sites (tertiary alicyclic amines) is 1. The molecule has 4 fully saturated rings. The van der Waals surface area contributed by atoms with Crippen LogP contribution in [0.2, 0.25) is 0 Å². The normalized spacial score (nSPS) is 26.5. The van der Waals surface area contributed by atoms with Crippen molar-refractivity contribution in [2.24, 2.45) is 52.1 Å². The Balaban J connectivity index is 1.27. The van der Waals surface area contributed by atoms with Crippen molar-refractivity contribution in [3.8, 4) is 0 Å². The van der Waals surface area contributed by atoms with Crippen molar-refractivity contribution in [2.75, 3.05) is 12.3 Å². The van der Waals surface area contributed by atoms with E-state index in [-0.39, 0.29) is 65.7 Å². The molecular weight excluding hydrogens is 665 g/mol. The minimum absolute atomic E-state index is 0.00933. The summed E-state index contributed by atoms with van der Waals surface area (Å²) in [5.41, 5.74) is 6.96. The molecule has 3 saturated carbocycles. The van der Waals surface area contributed by atoms with E-state index in [1.165, 1.54) is 11.1 Å². The average molecular weight is 723 g/mol. The summed E-state index contributed by atoms with van der Waals surface area (Å²) in [5, 5.41) is 0. The van der Waals surface area contributed by atoms with Gasteiger partial charge in [-0.25, -0.2) is 8.42 Å². The number of carbonyl (C=O) groups excluding carboxylic acids is 5. The van der Waals surface area contributed by atoms with Crippen LogP contribution in [0.25, 0.3) is 0 Å². The van der Waals surface area contributed by atoms with E-state index < -0.39 is 49.6 Å². The molecule has 5 atom stereocenters. The van der Waals surface area contributed by atoms with E-state index in [9.17, 15) is 32.4 Å². The SMILES string of the molecule is CC1(C)C2CN(C(=O)[C@@H](CC(=O)CC3(CS(=O)(=O)C(C)(C)C)CCCCC3)C3Cc4ccccc4C3)[C@H](C(=O)CC(CC3CC3)C(=O)C(N)=O)[C@H]21. The number of amides is 2. The molecule has 10 heteroatoms. The second kappa shape index (κ2) is 13.8. The lowest BCUT2D eigenvalue weighted by Crippen LogP contribution is -2.50. The zero-order valence-electron chi connectivity index (χ0n) is 31.2. The predicted octanol–water partition coefficient (Wildman–Crippen LogP) is 5.44. The number of Topliss-reactive ketones (excluding diaryl/α,β-unsaturated/α-hetero) is 3. The monoisotopic (exact) mass is 722 g/mol. The Morgan fingerprint density at radius 2 is 1.55 bits per heavy atom. The Morgan fingerprint density at radius 1 is 0.941 bits per heavy atom. The summed E-state index contributed by atoms with van der Waals surface area (Å²) >= 11 is 0. The summed E-state index contributed by atoms with van der Waals surface area (Å²) in [7, 11) is -3.48. The van der Waals surface area contributed by atoms with E-state index in [0.717, 1.165) is 32.1 Å². The molecule has 6 rings (SSSR count). The lowest BCUT2D eigenvalue weighted by Gasteiger charge is -2.39. The highest BCUT2D eigenvalue weighted by atomic mass is 32.2. The van der Waals surface area contributed by atoms with Crippen LogP contribution in [0.5, 0.6) is 0 Å². The lowest BCUT2D eigenvalue weighted by molar-refractivity contribution is -0.147. The van der Waals surface area contributed by atoms with E-state index in [4.69, 9.17) is 5.73 Å². The molecule has 1 saturated heterocycles. The number of nitrogens with zero attached hydrogens (tertiary/aromatic N) is 1.